The van der Waals surface area contributed by atoms with Crippen LogP contribution in [0.5, 0.6) is 92.0 Å². The summed E-state index contributed by atoms with van der Waals surface area (Å²) >= 11 is 0. The molecule has 1 saturated heterocycles. The van der Waals surface area contributed by atoms with E-state index in [9.17, 15) is 105 Å². The molecule has 31 nitrogen and oxygen atoms in total. The second-order valence-electron chi connectivity index (χ2n) is 17.6. The van der Waals surface area contributed by atoms with Crippen LogP contribution in [0.3, 0.4) is 0 Å². The zero-order valence-electron chi connectivity index (χ0n) is 38.7. The Kier molecular flexibility index (Phi) is 12.1. The molecule has 4 bridgehead atoms. The van der Waals surface area contributed by atoms with Crippen LogP contribution in [0, 0.1) is 5.92 Å². The molecule has 1 fully saturated rings. The summed E-state index contributed by atoms with van der Waals surface area (Å²) in [5.74, 6) is -38.9. The number of carbonyl (C=O) groups is 8. The number of benzene rings is 5. The summed E-state index contributed by atoms with van der Waals surface area (Å²) in [6.07, 6.45) is -16.9. The summed E-state index contributed by atoms with van der Waals surface area (Å²) in [4.78, 5) is 113. The van der Waals surface area contributed by atoms with E-state index in [4.69, 9.17) is 42.6 Å². The first kappa shape index (κ1) is 51.7. The topological polar surface area (TPSA) is 503 Å². The third-order valence-electron chi connectivity index (χ3n) is 13.0. The highest BCUT2D eigenvalue weighted by molar-refractivity contribution is 6.10. The average Bonchev–Trinajstić information content (AvgIpc) is 3.85. The molecule has 410 valence electrons. The van der Waals surface area contributed by atoms with Crippen LogP contribution < -0.4 is 14.2 Å². The molecule has 5 aromatic rings. The smallest absolute Gasteiger partial charge is 0.347 e. The van der Waals surface area contributed by atoms with Gasteiger partial charge in [0, 0.05) is 28.7 Å². The summed E-state index contributed by atoms with van der Waals surface area (Å²) in [6, 6.07) is 2.77. The summed E-state index contributed by atoms with van der Waals surface area (Å²) in [5.41, 5.74) is -8.37. The van der Waals surface area contributed by atoms with Crippen molar-refractivity contribution in [1.29, 1.82) is 0 Å². The fourth-order valence-corrected chi connectivity index (χ4v) is 9.34. The number of aliphatic hydroxyl groups excluding tert-OH is 1. The number of phenolic OH excluding ortho intramolecular Hbond substituents is 12. The predicted octanol–water partition coefficient (Wildman–Crippen LogP) is 1.03. The second-order valence-corrected chi connectivity index (χ2v) is 17.6. The van der Waals surface area contributed by atoms with Gasteiger partial charge in [-0.2, -0.15) is 0 Å². The molecule has 79 heavy (non-hydrogen) atoms. The number of ether oxygens (including phenoxy) is 9. The van der Waals surface area contributed by atoms with E-state index >= 15 is 4.79 Å². The van der Waals surface area contributed by atoms with Crippen LogP contribution in [0.25, 0.3) is 11.1 Å². The number of carboxylic acids is 1. The molecule has 31 heteroatoms. The van der Waals surface area contributed by atoms with Gasteiger partial charge in [-0.3, -0.25) is 9.59 Å². The van der Waals surface area contributed by atoms with Gasteiger partial charge in [-0.15, -0.1) is 0 Å². The van der Waals surface area contributed by atoms with Crippen LogP contribution >= 0.6 is 0 Å². The number of hydrogen-bond donors (Lipinski definition) is 14. The molecule has 0 unspecified atom stereocenters. The lowest BCUT2D eigenvalue weighted by atomic mass is 9.76. The highest BCUT2D eigenvalue weighted by Gasteiger charge is 2.58. The van der Waals surface area contributed by atoms with Crippen molar-refractivity contribution >= 4 is 47.8 Å². The number of aliphatic hydroxyl groups is 1. The molecule has 0 amide bonds. The Morgan fingerprint density at radius 3 is 1.75 bits per heavy atom. The first-order valence-electron chi connectivity index (χ1n) is 22.2. The van der Waals surface area contributed by atoms with Gasteiger partial charge in [0.15, 0.2) is 81.6 Å². The summed E-state index contributed by atoms with van der Waals surface area (Å²) in [5, 5.41) is 150. The predicted molar refractivity (Wildman–Crippen MR) is 239 cm³/mol. The first-order valence-corrected chi connectivity index (χ1v) is 22.2. The number of rotatable bonds is 4. The molecular formula is C48H32O31. The van der Waals surface area contributed by atoms with Crippen molar-refractivity contribution in [3.63, 3.8) is 0 Å². The molecule has 0 spiro atoms. The maximum absolute atomic E-state index is 15.3. The van der Waals surface area contributed by atoms with E-state index in [2.05, 4.69) is 0 Å². The average molecular weight is 1100 g/mol. The zero-order chi connectivity index (χ0) is 57.1. The van der Waals surface area contributed by atoms with Gasteiger partial charge < -0.3 is 114 Å². The van der Waals surface area contributed by atoms with Crippen LogP contribution in [-0.2, 0) is 42.8 Å². The normalized spacial score (nSPS) is 23.1. The first-order chi connectivity index (χ1) is 37.3. The van der Waals surface area contributed by atoms with Gasteiger partial charge in [-0.25, -0.2) is 28.8 Å². The van der Waals surface area contributed by atoms with E-state index in [1.54, 1.807) is 0 Å². The van der Waals surface area contributed by atoms with E-state index in [1.807, 2.05) is 0 Å². The molecule has 5 heterocycles. The van der Waals surface area contributed by atoms with Crippen LogP contribution in [0.15, 0.2) is 36.4 Å². The van der Waals surface area contributed by atoms with E-state index in [1.165, 1.54) is 0 Å². The Bertz CT molecular complexity index is 3590. The van der Waals surface area contributed by atoms with Crippen molar-refractivity contribution in [3.8, 4) is 103 Å². The standard InChI is InChI=1S/C48H32O31/c49-15-1-9(2-16(50)27(15)57)41(64)79-48-40-39-36(74-45(68)13(7-22(55)56)24-25-11(44(67)78-40)4-19(53)30(60)37(25)75-47(70)32(24)62)21(72-48)8-71-42(65)10-3-17(51)28(58)31(61)23(10)26-12(43(66)77-39)5-20(54)35-38(26)76-46(69)14-6-18(52)29(59)33(63)34(14)73-35/h1-6,13,21,24,32,36,39-40,48-54,57-63H,7-8H2,(H,55,56)/t13-,21+,24-,32-,36+,39-,40+,48-/m0/s1. The number of fused-ring (bicyclic) bond motifs is 6. The molecule has 0 radical (unpaired) electrons. The van der Waals surface area contributed by atoms with Crippen LogP contribution in [0.1, 0.15) is 69.7 Å². The molecule has 5 aromatic carbocycles. The minimum atomic E-state index is -2.68. The molecule has 0 saturated carbocycles. The van der Waals surface area contributed by atoms with E-state index in [0.29, 0.717) is 36.4 Å². The van der Waals surface area contributed by atoms with Crippen LogP contribution in [0.2, 0.25) is 0 Å². The second kappa shape index (κ2) is 18.5. The number of carbonyl (C=O) groups excluding carboxylic acids is 7. The van der Waals surface area contributed by atoms with Crippen molar-refractivity contribution in [3.05, 3.63) is 69.8 Å². The SMILES string of the molecule is O=C(O)C[C@@H]1C(=O)O[C@H]2[C@@H]3OC(=O)c4cc(O)c5c(c4-c4c(cc(O)c(O)c4O)C(=O)OC[C@H]2O[C@@H](OC(=O)c2cc(O)c(O)c(O)c2)[C@@H]3OC(=O)c2cc(O)c(O)c3c2[C@H]1[C@H](O)C(=O)O3)OC(=O)c1cc(O)c(O)c(O)c1O5. The van der Waals surface area contributed by atoms with Crippen molar-refractivity contribution < 1.29 is 152 Å². The molecular weight excluding hydrogens is 1070 g/mol. The number of phenols is 12. The number of aliphatic carboxylic acids is 1. The number of esters is 7. The third-order valence-corrected chi connectivity index (χ3v) is 13.0. The Labute approximate surface area is 434 Å². The lowest BCUT2D eigenvalue weighted by Gasteiger charge is -2.44. The zero-order valence-corrected chi connectivity index (χ0v) is 38.7. The van der Waals surface area contributed by atoms with Gasteiger partial charge in [0.1, 0.15) is 18.3 Å². The summed E-state index contributed by atoms with van der Waals surface area (Å²) in [6.45, 7) is -1.39. The van der Waals surface area contributed by atoms with Gasteiger partial charge in [-0.1, -0.05) is 0 Å². The summed E-state index contributed by atoms with van der Waals surface area (Å²) < 4.78 is 50.6. The van der Waals surface area contributed by atoms with Crippen molar-refractivity contribution in [2.75, 3.05) is 6.61 Å². The van der Waals surface area contributed by atoms with Gasteiger partial charge in [-0.05, 0) is 30.3 Å². The minimum Gasteiger partial charge on any atom is -0.504 e. The summed E-state index contributed by atoms with van der Waals surface area (Å²) in [7, 11) is 0. The number of carboxylic acid groups (broad SMARTS) is 1. The number of aromatic hydroxyl groups is 12. The van der Waals surface area contributed by atoms with Crippen molar-refractivity contribution in [2.45, 2.75) is 49.1 Å². The largest absolute Gasteiger partial charge is 0.504 e. The molecule has 5 aliphatic heterocycles. The maximum atomic E-state index is 15.3. The van der Waals surface area contributed by atoms with Gasteiger partial charge in [0.2, 0.25) is 41.1 Å². The Hall–Kier alpha value is -10.8. The fourth-order valence-electron chi connectivity index (χ4n) is 9.34. The van der Waals surface area contributed by atoms with E-state index in [-0.39, 0.29) is 0 Å². The van der Waals surface area contributed by atoms with Gasteiger partial charge in [0.25, 0.3) is 0 Å². The van der Waals surface area contributed by atoms with Gasteiger partial charge >= 0.3 is 47.8 Å². The highest BCUT2D eigenvalue weighted by atomic mass is 16.7. The lowest BCUT2D eigenvalue weighted by molar-refractivity contribution is -0.287. The lowest BCUT2D eigenvalue weighted by Crippen LogP contribution is -2.63. The number of hydrogen-bond acceptors (Lipinski definition) is 30. The van der Waals surface area contributed by atoms with Crippen molar-refractivity contribution in [1.82, 2.24) is 0 Å². The quantitative estimate of drug-likeness (QED) is 0.0517. The van der Waals surface area contributed by atoms with Gasteiger partial charge in [0.05, 0.1) is 34.6 Å². The maximum Gasteiger partial charge on any atom is 0.347 e. The highest BCUT2D eigenvalue weighted by Crippen LogP contribution is 2.59. The molecule has 0 aromatic heterocycles. The van der Waals surface area contributed by atoms with E-state index < -0.39 is 246 Å². The van der Waals surface area contributed by atoms with Crippen molar-refractivity contribution in [2.24, 2.45) is 5.92 Å². The monoisotopic (exact) mass is 1100 g/mol. The van der Waals surface area contributed by atoms with E-state index in [0.717, 1.165) is 0 Å². The molecule has 8 atom stereocenters. The van der Waals surface area contributed by atoms with Crippen LogP contribution in [-0.4, -0.2) is 163 Å². The number of cyclic esters (lactones) is 1. The fraction of sp³-hybridized carbons (Fsp3) is 0.208. The third kappa shape index (κ3) is 8.23. The van der Waals surface area contributed by atoms with Crippen LogP contribution in [0.4, 0.5) is 0 Å². The molecule has 5 aliphatic rings. The Morgan fingerprint density at radius 2 is 1.08 bits per heavy atom. The Morgan fingerprint density at radius 1 is 0.506 bits per heavy atom. The molecule has 10 rings (SSSR count). The Balaban J connectivity index is 1.23. The molecule has 0 aliphatic carbocycles. The molecule has 14 N–H and O–H groups in total. The minimum absolute atomic E-state index is 0.375.